The fourth-order valence-corrected chi connectivity index (χ4v) is 3.08. The summed E-state index contributed by atoms with van der Waals surface area (Å²) in [5.74, 6) is 0.686. The number of amides is 2. The number of hydrogen-bond donors (Lipinski definition) is 3. The second kappa shape index (κ2) is 8.29. The van der Waals surface area contributed by atoms with Gasteiger partial charge >= 0.3 is 6.03 Å². The van der Waals surface area contributed by atoms with Crippen LogP contribution in [0.1, 0.15) is 44.6 Å². The standard InChI is InChI=1S/C18H27FN2O2/c1-12(2)9-13(7-8-22)11-20-18(23)21-17-10-15(17)14-5-3-4-6-16(14)19/h3-6,12-13,15,17,22H,7-11H2,1-2H3,(H2,20,21,23). The number of nitrogens with one attached hydrogen (secondary N) is 2. The van der Waals surface area contributed by atoms with Crippen LogP contribution < -0.4 is 10.6 Å². The Bertz CT molecular complexity index is 521. The predicted molar refractivity (Wildman–Crippen MR) is 88.7 cm³/mol. The summed E-state index contributed by atoms with van der Waals surface area (Å²) in [5.41, 5.74) is 0.677. The summed E-state index contributed by atoms with van der Waals surface area (Å²) in [7, 11) is 0. The van der Waals surface area contributed by atoms with Crippen LogP contribution in [0, 0.1) is 17.7 Å². The van der Waals surface area contributed by atoms with Crippen molar-refractivity contribution in [2.45, 2.75) is 45.1 Å². The van der Waals surface area contributed by atoms with Gasteiger partial charge in [0.15, 0.2) is 0 Å². The number of hydrogen-bond acceptors (Lipinski definition) is 2. The molecule has 1 fully saturated rings. The molecular weight excluding hydrogens is 295 g/mol. The Morgan fingerprint density at radius 2 is 2.13 bits per heavy atom. The minimum atomic E-state index is -0.208. The van der Waals surface area contributed by atoms with Gasteiger partial charge in [0.1, 0.15) is 5.82 Å². The second-order valence-corrected chi connectivity index (χ2v) is 6.83. The molecule has 1 aromatic carbocycles. The molecule has 0 heterocycles. The molecule has 0 aliphatic heterocycles. The number of rotatable bonds is 8. The molecule has 0 bridgehead atoms. The molecule has 0 spiro atoms. The summed E-state index contributed by atoms with van der Waals surface area (Å²) in [5, 5.41) is 14.9. The number of carbonyl (C=O) groups excluding carboxylic acids is 1. The molecule has 4 nitrogen and oxygen atoms in total. The van der Waals surface area contributed by atoms with Crippen molar-refractivity contribution >= 4 is 6.03 Å². The number of benzene rings is 1. The van der Waals surface area contributed by atoms with E-state index in [9.17, 15) is 9.18 Å². The van der Waals surface area contributed by atoms with E-state index in [0.29, 0.717) is 24.4 Å². The molecule has 5 heteroatoms. The lowest BCUT2D eigenvalue weighted by molar-refractivity contribution is 0.224. The van der Waals surface area contributed by atoms with E-state index in [2.05, 4.69) is 24.5 Å². The largest absolute Gasteiger partial charge is 0.396 e. The van der Waals surface area contributed by atoms with E-state index in [4.69, 9.17) is 5.11 Å². The van der Waals surface area contributed by atoms with E-state index >= 15 is 0 Å². The molecule has 3 atom stereocenters. The zero-order valence-electron chi connectivity index (χ0n) is 13.9. The molecule has 1 aliphatic carbocycles. The second-order valence-electron chi connectivity index (χ2n) is 6.83. The van der Waals surface area contributed by atoms with E-state index in [0.717, 1.165) is 12.8 Å². The maximum atomic E-state index is 13.7. The Morgan fingerprint density at radius 1 is 1.39 bits per heavy atom. The minimum Gasteiger partial charge on any atom is -0.396 e. The maximum Gasteiger partial charge on any atom is 0.315 e. The molecular formula is C18H27FN2O2. The summed E-state index contributed by atoms with van der Waals surface area (Å²) >= 11 is 0. The summed E-state index contributed by atoms with van der Waals surface area (Å²) < 4.78 is 13.7. The molecule has 1 aromatic rings. The summed E-state index contributed by atoms with van der Waals surface area (Å²) in [4.78, 5) is 12.0. The van der Waals surface area contributed by atoms with Crippen molar-refractivity contribution < 1.29 is 14.3 Å². The highest BCUT2D eigenvalue weighted by Crippen LogP contribution is 2.41. The number of urea groups is 1. The lowest BCUT2D eigenvalue weighted by Gasteiger charge is -2.18. The highest BCUT2D eigenvalue weighted by molar-refractivity contribution is 5.74. The van der Waals surface area contributed by atoms with E-state index in [1.54, 1.807) is 12.1 Å². The molecule has 1 aliphatic rings. The van der Waals surface area contributed by atoms with Crippen LogP contribution in [-0.4, -0.2) is 30.3 Å². The van der Waals surface area contributed by atoms with Crippen LogP contribution >= 0.6 is 0 Å². The monoisotopic (exact) mass is 322 g/mol. The Hall–Kier alpha value is -1.62. The topological polar surface area (TPSA) is 61.4 Å². The van der Waals surface area contributed by atoms with Crippen molar-refractivity contribution in [3.05, 3.63) is 35.6 Å². The van der Waals surface area contributed by atoms with Gasteiger partial charge in [0.2, 0.25) is 0 Å². The first-order valence-corrected chi connectivity index (χ1v) is 8.41. The molecule has 0 radical (unpaired) electrons. The van der Waals surface area contributed by atoms with Gasteiger partial charge in [-0.25, -0.2) is 9.18 Å². The van der Waals surface area contributed by atoms with Gasteiger partial charge in [-0.05, 0) is 42.7 Å². The zero-order valence-corrected chi connectivity index (χ0v) is 13.9. The normalized spacial score (nSPS) is 21.1. The van der Waals surface area contributed by atoms with Crippen LogP contribution in [-0.2, 0) is 0 Å². The van der Waals surface area contributed by atoms with Gasteiger partial charge in [-0.2, -0.15) is 0 Å². The van der Waals surface area contributed by atoms with Gasteiger partial charge in [0, 0.05) is 25.1 Å². The van der Waals surface area contributed by atoms with Crippen molar-refractivity contribution in [2.75, 3.05) is 13.2 Å². The first-order valence-electron chi connectivity index (χ1n) is 8.41. The van der Waals surface area contributed by atoms with Crippen LogP contribution in [0.4, 0.5) is 9.18 Å². The quantitative estimate of drug-likeness (QED) is 0.689. The molecule has 3 N–H and O–H groups in total. The molecule has 2 amide bonds. The SMILES string of the molecule is CC(C)CC(CCO)CNC(=O)NC1CC1c1ccccc1F. The van der Waals surface area contributed by atoms with Crippen LogP contribution in [0.15, 0.2) is 24.3 Å². The fraction of sp³-hybridized carbons (Fsp3) is 0.611. The van der Waals surface area contributed by atoms with Crippen LogP contribution in [0.2, 0.25) is 0 Å². The third-order valence-corrected chi connectivity index (χ3v) is 4.31. The van der Waals surface area contributed by atoms with Crippen molar-refractivity contribution in [3.63, 3.8) is 0 Å². The molecule has 23 heavy (non-hydrogen) atoms. The third-order valence-electron chi connectivity index (χ3n) is 4.31. The first kappa shape index (κ1) is 17.7. The van der Waals surface area contributed by atoms with Gasteiger partial charge in [0.05, 0.1) is 0 Å². The van der Waals surface area contributed by atoms with Crippen LogP contribution in [0.5, 0.6) is 0 Å². The Labute approximate surface area is 137 Å². The number of halogens is 1. The van der Waals surface area contributed by atoms with Gasteiger partial charge in [-0.3, -0.25) is 0 Å². The molecule has 1 saturated carbocycles. The third kappa shape index (κ3) is 5.50. The van der Waals surface area contributed by atoms with Crippen LogP contribution in [0.3, 0.4) is 0 Å². The number of carbonyl (C=O) groups is 1. The summed E-state index contributed by atoms with van der Waals surface area (Å²) in [6.45, 7) is 4.96. The molecule has 3 unspecified atom stereocenters. The average Bonchev–Trinajstić information content (AvgIpc) is 3.24. The lowest BCUT2D eigenvalue weighted by atomic mass is 9.94. The molecule has 0 aromatic heterocycles. The highest BCUT2D eigenvalue weighted by atomic mass is 19.1. The summed E-state index contributed by atoms with van der Waals surface area (Å²) in [6, 6.07) is 6.52. The average molecular weight is 322 g/mol. The van der Waals surface area contributed by atoms with Gasteiger partial charge in [-0.15, -0.1) is 0 Å². The lowest BCUT2D eigenvalue weighted by Crippen LogP contribution is -2.40. The van der Waals surface area contributed by atoms with Crippen molar-refractivity contribution in [1.82, 2.24) is 10.6 Å². The van der Waals surface area contributed by atoms with Gasteiger partial charge < -0.3 is 15.7 Å². The molecule has 128 valence electrons. The van der Waals surface area contributed by atoms with Gasteiger partial charge in [0.25, 0.3) is 0 Å². The van der Waals surface area contributed by atoms with E-state index in [1.165, 1.54) is 6.07 Å². The minimum absolute atomic E-state index is 0.00768. The first-order chi connectivity index (χ1) is 11.0. The smallest absolute Gasteiger partial charge is 0.315 e. The molecule has 0 saturated heterocycles. The Morgan fingerprint density at radius 3 is 2.78 bits per heavy atom. The van der Waals surface area contributed by atoms with Crippen LogP contribution in [0.25, 0.3) is 0 Å². The van der Waals surface area contributed by atoms with Crippen molar-refractivity contribution in [1.29, 1.82) is 0 Å². The van der Waals surface area contributed by atoms with Crippen molar-refractivity contribution in [3.8, 4) is 0 Å². The Kier molecular flexibility index (Phi) is 6.39. The van der Waals surface area contributed by atoms with E-state index < -0.39 is 0 Å². The zero-order chi connectivity index (χ0) is 16.8. The maximum absolute atomic E-state index is 13.7. The van der Waals surface area contributed by atoms with E-state index in [-0.39, 0.29) is 36.3 Å². The predicted octanol–water partition coefficient (Wildman–Crippen LogP) is 3.03. The fourth-order valence-electron chi connectivity index (χ4n) is 3.08. The number of aliphatic hydroxyl groups is 1. The Balaban J connectivity index is 1.74. The summed E-state index contributed by atoms with van der Waals surface area (Å²) in [6.07, 6.45) is 2.45. The number of aliphatic hydroxyl groups excluding tert-OH is 1. The van der Waals surface area contributed by atoms with E-state index in [1.807, 2.05) is 6.07 Å². The van der Waals surface area contributed by atoms with Crippen molar-refractivity contribution in [2.24, 2.45) is 11.8 Å². The molecule has 2 rings (SSSR count). The highest BCUT2D eigenvalue weighted by Gasteiger charge is 2.40. The van der Waals surface area contributed by atoms with Gasteiger partial charge in [-0.1, -0.05) is 32.0 Å².